The van der Waals surface area contributed by atoms with Crippen LogP contribution >= 0.6 is 0 Å². The van der Waals surface area contributed by atoms with E-state index in [0.717, 1.165) is 33.4 Å². The molecule has 5 rings (SSSR count). The Labute approximate surface area is 189 Å². The molecule has 0 spiro atoms. The van der Waals surface area contributed by atoms with Gasteiger partial charge in [0.2, 0.25) is 0 Å². The molecule has 0 aliphatic heterocycles. The lowest BCUT2D eigenvalue weighted by Gasteiger charge is -2.43. The van der Waals surface area contributed by atoms with Gasteiger partial charge in [-0.05, 0) is 56.0 Å². The maximum Gasteiger partial charge on any atom is 0.309 e. The van der Waals surface area contributed by atoms with Gasteiger partial charge in [-0.25, -0.2) is 9.37 Å². The van der Waals surface area contributed by atoms with Gasteiger partial charge in [-0.15, -0.1) is 0 Å². The minimum absolute atomic E-state index is 0.0175. The van der Waals surface area contributed by atoms with Crippen LogP contribution in [0.2, 0.25) is 0 Å². The first-order chi connectivity index (χ1) is 15.6. The minimum atomic E-state index is -0.803. The van der Waals surface area contributed by atoms with E-state index < -0.39 is 16.8 Å². The van der Waals surface area contributed by atoms with Gasteiger partial charge < -0.3 is 9.67 Å². The number of fused-ring (bicyclic) bond motifs is 2. The Morgan fingerprint density at radius 2 is 2.06 bits per heavy atom. The molecule has 1 aromatic carbocycles. The fraction of sp³-hybridized carbons (Fsp3) is 0.360. The molecule has 168 valence electrons. The zero-order valence-electron chi connectivity index (χ0n) is 18.7. The average Bonchev–Trinajstić information content (AvgIpc) is 3.32. The number of pyridine rings is 1. The molecule has 0 bridgehead atoms. The highest BCUT2D eigenvalue weighted by Gasteiger charge is 2.50. The summed E-state index contributed by atoms with van der Waals surface area (Å²) in [6, 6.07) is 10.5. The molecule has 8 heteroatoms. The lowest BCUT2D eigenvalue weighted by Crippen LogP contribution is -2.41. The Kier molecular flexibility index (Phi) is 4.57. The first-order valence-corrected chi connectivity index (χ1v) is 10.9. The second kappa shape index (κ2) is 7.14. The number of carbonyl (C=O) groups is 1. The molecule has 0 atom stereocenters. The first kappa shape index (κ1) is 21.1. The van der Waals surface area contributed by atoms with E-state index in [1.54, 1.807) is 25.3 Å². The number of carboxylic acids is 1. The van der Waals surface area contributed by atoms with Crippen molar-refractivity contribution in [1.82, 2.24) is 19.7 Å². The van der Waals surface area contributed by atoms with Crippen molar-refractivity contribution in [2.45, 2.75) is 51.4 Å². The van der Waals surface area contributed by atoms with Gasteiger partial charge in [0.15, 0.2) is 5.65 Å². The summed E-state index contributed by atoms with van der Waals surface area (Å²) >= 11 is 0. The number of nitrogens with zero attached hydrogens (tertiary/aromatic N) is 4. The molecule has 3 aromatic heterocycles. The van der Waals surface area contributed by atoms with Crippen molar-refractivity contribution in [3.8, 4) is 11.8 Å². The Bertz CT molecular complexity index is 1440. The van der Waals surface area contributed by atoms with Crippen LogP contribution in [0.25, 0.3) is 27.8 Å². The summed E-state index contributed by atoms with van der Waals surface area (Å²) in [4.78, 5) is 16.7. The van der Waals surface area contributed by atoms with Crippen LogP contribution in [0, 0.1) is 22.6 Å². The minimum Gasteiger partial charge on any atom is -0.481 e. The van der Waals surface area contributed by atoms with Crippen LogP contribution in [-0.2, 0) is 10.2 Å². The lowest BCUT2D eigenvalue weighted by atomic mass is 9.60. The predicted octanol–water partition coefficient (Wildman–Crippen LogP) is 5.20. The van der Waals surface area contributed by atoms with Crippen LogP contribution in [0.4, 0.5) is 4.39 Å². The molecule has 0 unspecified atom stereocenters. The SMILES string of the molecule is CC1(C(=O)O)CC(c2c(C(C)(C)CC#N)n(-c3ccc(F)cc3)c3cc4cn[nH]c4nc23)C1. The average molecular weight is 445 g/mol. The largest absolute Gasteiger partial charge is 0.481 e. The Balaban J connectivity index is 1.86. The predicted molar refractivity (Wildman–Crippen MR) is 122 cm³/mol. The van der Waals surface area contributed by atoms with E-state index >= 15 is 0 Å². The lowest BCUT2D eigenvalue weighted by molar-refractivity contribution is -0.154. The van der Waals surface area contributed by atoms with Gasteiger partial charge in [0, 0.05) is 34.2 Å². The van der Waals surface area contributed by atoms with E-state index in [2.05, 4.69) is 20.8 Å². The molecule has 1 aliphatic carbocycles. The molecule has 1 fully saturated rings. The van der Waals surface area contributed by atoms with Crippen molar-refractivity contribution in [3.05, 3.63) is 53.6 Å². The van der Waals surface area contributed by atoms with Crippen molar-refractivity contribution < 1.29 is 14.3 Å². The van der Waals surface area contributed by atoms with Crippen LogP contribution in [0.15, 0.2) is 36.5 Å². The third-order valence-electron chi connectivity index (χ3n) is 6.95. The number of nitriles is 1. The number of nitrogens with one attached hydrogen (secondary N) is 1. The second-order valence-corrected chi connectivity index (χ2v) is 9.93. The Morgan fingerprint density at radius 3 is 2.70 bits per heavy atom. The highest BCUT2D eigenvalue weighted by atomic mass is 19.1. The van der Waals surface area contributed by atoms with Crippen LogP contribution in [-0.4, -0.2) is 30.8 Å². The summed E-state index contributed by atoms with van der Waals surface area (Å²) in [6.07, 6.45) is 2.95. The summed E-state index contributed by atoms with van der Waals surface area (Å²) in [5.41, 5.74) is 3.53. The number of hydrogen-bond donors (Lipinski definition) is 2. The summed E-state index contributed by atoms with van der Waals surface area (Å²) in [7, 11) is 0. The van der Waals surface area contributed by atoms with Gasteiger partial charge >= 0.3 is 5.97 Å². The van der Waals surface area contributed by atoms with Gasteiger partial charge in [0.05, 0.1) is 28.7 Å². The highest BCUT2D eigenvalue weighted by Crippen LogP contribution is 2.55. The summed E-state index contributed by atoms with van der Waals surface area (Å²) in [5.74, 6) is -1.15. The van der Waals surface area contributed by atoms with Crippen molar-refractivity contribution in [3.63, 3.8) is 0 Å². The molecular weight excluding hydrogens is 421 g/mol. The molecule has 0 amide bonds. The van der Waals surface area contributed by atoms with Crippen LogP contribution in [0.3, 0.4) is 0 Å². The molecule has 3 heterocycles. The number of aromatic nitrogens is 4. The topological polar surface area (TPSA) is 108 Å². The Hall–Kier alpha value is -3.73. The van der Waals surface area contributed by atoms with Crippen molar-refractivity contribution in [2.75, 3.05) is 0 Å². The molecule has 1 saturated carbocycles. The van der Waals surface area contributed by atoms with E-state index in [1.807, 2.05) is 19.9 Å². The molecule has 4 aromatic rings. The zero-order valence-corrected chi connectivity index (χ0v) is 18.7. The summed E-state index contributed by atoms with van der Waals surface area (Å²) < 4.78 is 15.8. The molecule has 0 saturated heterocycles. The number of aromatic amines is 1. The second-order valence-electron chi connectivity index (χ2n) is 9.93. The van der Waals surface area contributed by atoms with E-state index in [0.29, 0.717) is 18.5 Å². The van der Waals surface area contributed by atoms with Gasteiger partial charge in [-0.3, -0.25) is 9.89 Å². The smallest absolute Gasteiger partial charge is 0.309 e. The molecule has 2 N–H and O–H groups in total. The number of hydrogen-bond acceptors (Lipinski definition) is 4. The maximum absolute atomic E-state index is 13.8. The van der Waals surface area contributed by atoms with Gasteiger partial charge in [-0.1, -0.05) is 13.8 Å². The van der Waals surface area contributed by atoms with Gasteiger partial charge in [0.25, 0.3) is 0 Å². The van der Waals surface area contributed by atoms with Crippen molar-refractivity contribution >= 4 is 28.0 Å². The van der Waals surface area contributed by atoms with E-state index in [-0.39, 0.29) is 18.2 Å². The quantitative estimate of drug-likeness (QED) is 0.439. The van der Waals surface area contributed by atoms with Crippen molar-refractivity contribution in [2.24, 2.45) is 5.41 Å². The summed E-state index contributed by atoms with van der Waals surface area (Å²) in [6.45, 7) is 5.79. The van der Waals surface area contributed by atoms with Crippen LogP contribution in [0.1, 0.15) is 57.2 Å². The number of rotatable bonds is 5. The Morgan fingerprint density at radius 1 is 1.36 bits per heavy atom. The molecule has 33 heavy (non-hydrogen) atoms. The van der Waals surface area contributed by atoms with E-state index in [1.165, 1.54) is 12.1 Å². The van der Waals surface area contributed by atoms with Gasteiger partial charge in [0.1, 0.15) is 5.82 Å². The highest BCUT2D eigenvalue weighted by molar-refractivity contribution is 5.94. The van der Waals surface area contributed by atoms with Crippen LogP contribution in [0.5, 0.6) is 0 Å². The monoisotopic (exact) mass is 445 g/mol. The first-order valence-electron chi connectivity index (χ1n) is 10.9. The number of H-pyrrole nitrogens is 1. The van der Waals surface area contributed by atoms with Crippen molar-refractivity contribution in [1.29, 1.82) is 5.26 Å². The third kappa shape index (κ3) is 3.18. The fourth-order valence-corrected chi connectivity index (χ4v) is 5.19. The number of aliphatic carboxylic acids is 1. The van der Waals surface area contributed by atoms with E-state index in [9.17, 15) is 19.6 Å². The van der Waals surface area contributed by atoms with Gasteiger partial charge in [-0.2, -0.15) is 10.4 Å². The maximum atomic E-state index is 13.8. The molecule has 7 nitrogen and oxygen atoms in total. The van der Waals surface area contributed by atoms with Crippen LogP contribution < -0.4 is 0 Å². The molecular formula is C25H24FN5O2. The zero-order chi connectivity index (χ0) is 23.5. The molecule has 0 radical (unpaired) electrons. The normalized spacial score (nSPS) is 20.6. The number of benzene rings is 1. The number of halogens is 1. The third-order valence-corrected chi connectivity index (χ3v) is 6.95. The molecule has 1 aliphatic rings. The fourth-order valence-electron chi connectivity index (χ4n) is 5.19. The standard InChI is InChI=1S/C25H24FN5O2/c1-24(2,8-9-27)21-19(15-11-25(3,12-15)23(32)33)20-18(10-14-13-28-30-22(14)29-20)31(21)17-6-4-16(26)5-7-17/h4-7,10,13,15H,8,11-12H2,1-3H3,(H,32,33)(H,28,29,30). The number of carboxylic acid groups (broad SMARTS) is 1. The summed E-state index contributed by atoms with van der Waals surface area (Å²) in [5, 5.41) is 27.2. The van der Waals surface area contributed by atoms with E-state index in [4.69, 9.17) is 4.98 Å².